The van der Waals surface area contributed by atoms with Gasteiger partial charge < -0.3 is 5.32 Å². The van der Waals surface area contributed by atoms with Gasteiger partial charge in [0.1, 0.15) is 0 Å². The number of rotatable bonds is 3. The van der Waals surface area contributed by atoms with Crippen molar-refractivity contribution in [3.8, 4) is 10.4 Å². The predicted molar refractivity (Wildman–Crippen MR) is 79.1 cm³/mol. The first-order valence-corrected chi connectivity index (χ1v) is 7.36. The van der Waals surface area contributed by atoms with Crippen LogP contribution in [0, 0.1) is 0 Å². The van der Waals surface area contributed by atoms with Crippen LogP contribution in [-0.4, -0.2) is 10.5 Å². The minimum Gasteiger partial charge on any atom is -0.306 e. The molecule has 114 valence electrons. The molecule has 2 aromatic rings. The first-order chi connectivity index (χ1) is 9.67. The molecule has 0 saturated heterocycles. The number of benzene rings is 1. The van der Waals surface area contributed by atoms with E-state index in [4.69, 9.17) is 0 Å². The molecule has 0 bridgehead atoms. The highest BCUT2D eigenvalue weighted by Gasteiger charge is 2.36. The highest BCUT2D eigenvalue weighted by atomic mass is 32.1. The Morgan fingerprint density at radius 1 is 1.10 bits per heavy atom. The van der Waals surface area contributed by atoms with Gasteiger partial charge in [-0.2, -0.15) is 13.2 Å². The summed E-state index contributed by atoms with van der Waals surface area (Å²) in [6.07, 6.45) is -4.41. The smallest absolute Gasteiger partial charge is 0.306 e. The van der Waals surface area contributed by atoms with Crippen LogP contribution in [0.4, 0.5) is 13.2 Å². The lowest BCUT2D eigenvalue weighted by Crippen LogP contribution is -2.35. The monoisotopic (exact) mass is 314 g/mol. The molecule has 0 aliphatic carbocycles. The molecule has 0 amide bonds. The summed E-state index contributed by atoms with van der Waals surface area (Å²) < 4.78 is 38.7. The fraction of sp³-hybridized carbons (Fsp3) is 0.400. The quantitative estimate of drug-likeness (QED) is 0.887. The van der Waals surface area contributed by atoms with Crippen molar-refractivity contribution in [2.75, 3.05) is 0 Å². The molecule has 0 aliphatic heterocycles. The number of alkyl halides is 3. The van der Waals surface area contributed by atoms with Crippen LogP contribution in [-0.2, 0) is 12.7 Å². The zero-order valence-electron chi connectivity index (χ0n) is 12.1. The Kier molecular flexibility index (Phi) is 4.39. The molecule has 0 atom stereocenters. The maximum Gasteiger partial charge on any atom is 0.443 e. The van der Waals surface area contributed by atoms with Crippen LogP contribution in [0.25, 0.3) is 10.4 Å². The summed E-state index contributed by atoms with van der Waals surface area (Å²) in [5.41, 5.74) is 1.01. The number of hydrogen-bond donors (Lipinski definition) is 1. The summed E-state index contributed by atoms with van der Waals surface area (Å²) in [5, 5.41) is 2.39. The van der Waals surface area contributed by atoms with Gasteiger partial charge in [0.2, 0.25) is 0 Å². The third-order valence-electron chi connectivity index (χ3n) is 2.76. The van der Waals surface area contributed by atoms with E-state index in [2.05, 4.69) is 10.3 Å². The van der Waals surface area contributed by atoms with Gasteiger partial charge in [0.25, 0.3) is 0 Å². The van der Waals surface area contributed by atoms with E-state index in [1.54, 1.807) is 12.1 Å². The van der Waals surface area contributed by atoms with Gasteiger partial charge >= 0.3 is 6.18 Å². The van der Waals surface area contributed by atoms with Gasteiger partial charge in [-0.05, 0) is 26.3 Å². The molecule has 1 heterocycles. The average molecular weight is 314 g/mol. The lowest BCUT2D eigenvalue weighted by atomic mass is 10.1. The second-order valence-electron chi connectivity index (χ2n) is 5.76. The Bertz CT molecular complexity index is 598. The van der Waals surface area contributed by atoms with Gasteiger partial charge in [0.05, 0.1) is 10.6 Å². The summed E-state index contributed by atoms with van der Waals surface area (Å²) in [6.45, 7) is 6.20. The molecule has 2 nitrogen and oxygen atoms in total. The maximum absolute atomic E-state index is 12.9. The second-order valence-corrected chi connectivity index (χ2v) is 6.76. The number of aromatic nitrogens is 1. The molecular weight excluding hydrogens is 297 g/mol. The zero-order chi connectivity index (χ0) is 15.7. The van der Waals surface area contributed by atoms with Crippen LogP contribution in [0.15, 0.2) is 30.3 Å². The third kappa shape index (κ3) is 4.28. The lowest BCUT2D eigenvalue weighted by Gasteiger charge is -2.20. The SMILES string of the molecule is CC(C)(C)NCc1nc(C(F)(F)F)sc1-c1ccccc1. The normalized spacial score (nSPS) is 12.7. The van der Waals surface area contributed by atoms with Crippen LogP contribution in [0.5, 0.6) is 0 Å². The van der Waals surface area contributed by atoms with Gasteiger partial charge in [0, 0.05) is 12.1 Å². The minimum atomic E-state index is -4.41. The van der Waals surface area contributed by atoms with E-state index < -0.39 is 11.2 Å². The fourth-order valence-electron chi connectivity index (χ4n) is 1.76. The number of halogens is 3. The van der Waals surface area contributed by atoms with E-state index >= 15 is 0 Å². The Hall–Kier alpha value is -1.40. The van der Waals surface area contributed by atoms with Gasteiger partial charge in [-0.15, -0.1) is 11.3 Å². The highest BCUT2D eigenvalue weighted by molar-refractivity contribution is 7.15. The predicted octanol–water partition coefficient (Wildman–Crippen LogP) is 4.72. The summed E-state index contributed by atoms with van der Waals surface area (Å²) in [4.78, 5) is 4.36. The second kappa shape index (κ2) is 5.77. The van der Waals surface area contributed by atoms with Crippen LogP contribution in [0.2, 0.25) is 0 Å². The van der Waals surface area contributed by atoms with E-state index in [9.17, 15) is 13.2 Å². The molecule has 0 radical (unpaired) electrons. The van der Waals surface area contributed by atoms with Crippen LogP contribution >= 0.6 is 11.3 Å². The average Bonchev–Trinajstić information content (AvgIpc) is 2.80. The third-order valence-corrected chi connectivity index (χ3v) is 3.95. The molecule has 0 spiro atoms. The molecule has 0 saturated carbocycles. The summed E-state index contributed by atoms with van der Waals surface area (Å²) in [6, 6.07) is 9.05. The number of thiazole rings is 1. The summed E-state index contributed by atoms with van der Waals surface area (Å²) >= 11 is 0.694. The summed E-state index contributed by atoms with van der Waals surface area (Å²) in [5.74, 6) is 0. The largest absolute Gasteiger partial charge is 0.443 e. The molecule has 0 aliphatic rings. The molecule has 2 rings (SSSR count). The molecule has 1 aromatic carbocycles. The Morgan fingerprint density at radius 3 is 2.24 bits per heavy atom. The maximum atomic E-state index is 12.9. The molecule has 0 unspecified atom stereocenters. The van der Waals surface area contributed by atoms with Crippen molar-refractivity contribution in [2.24, 2.45) is 0 Å². The number of hydrogen-bond acceptors (Lipinski definition) is 3. The molecule has 6 heteroatoms. The van der Waals surface area contributed by atoms with Crippen molar-refractivity contribution in [1.29, 1.82) is 0 Å². The molecular formula is C15H17F3N2S. The number of nitrogens with one attached hydrogen (secondary N) is 1. The van der Waals surface area contributed by atoms with Crippen LogP contribution < -0.4 is 5.32 Å². The van der Waals surface area contributed by atoms with E-state index in [-0.39, 0.29) is 5.54 Å². The highest BCUT2D eigenvalue weighted by Crippen LogP contribution is 2.38. The van der Waals surface area contributed by atoms with Gasteiger partial charge in [-0.1, -0.05) is 30.3 Å². The zero-order valence-corrected chi connectivity index (χ0v) is 12.9. The molecule has 1 aromatic heterocycles. The van der Waals surface area contributed by atoms with Gasteiger partial charge in [-0.3, -0.25) is 0 Å². The Labute approximate surface area is 126 Å². The van der Waals surface area contributed by atoms with E-state index in [0.717, 1.165) is 5.56 Å². The van der Waals surface area contributed by atoms with Crippen molar-refractivity contribution < 1.29 is 13.2 Å². The first kappa shape index (κ1) is 16.0. The van der Waals surface area contributed by atoms with E-state index in [1.165, 1.54) is 0 Å². The van der Waals surface area contributed by atoms with Gasteiger partial charge in [0.15, 0.2) is 5.01 Å². The molecule has 0 fully saturated rings. The Morgan fingerprint density at radius 2 is 1.71 bits per heavy atom. The van der Waals surface area contributed by atoms with Crippen molar-refractivity contribution in [1.82, 2.24) is 10.3 Å². The minimum absolute atomic E-state index is 0.185. The van der Waals surface area contributed by atoms with Crippen molar-refractivity contribution in [2.45, 2.75) is 39.0 Å². The first-order valence-electron chi connectivity index (χ1n) is 6.54. The number of nitrogens with zero attached hydrogens (tertiary/aromatic N) is 1. The standard InChI is InChI=1S/C15H17F3N2S/c1-14(2,3)19-9-11-12(10-7-5-4-6-8-10)21-13(20-11)15(16,17)18/h4-8,19H,9H2,1-3H3. The topological polar surface area (TPSA) is 24.9 Å². The fourth-order valence-corrected chi connectivity index (χ4v) is 2.71. The van der Waals surface area contributed by atoms with E-state index in [0.29, 0.717) is 28.5 Å². The van der Waals surface area contributed by atoms with Crippen molar-refractivity contribution in [3.63, 3.8) is 0 Å². The summed E-state index contributed by atoms with van der Waals surface area (Å²) in [7, 11) is 0. The van der Waals surface area contributed by atoms with Crippen molar-refractivity contribution in [3.05, 3.63) is 41.0 Å². The Balaban J connectivity index is 2.39. The van der Waals surface area contributed by atoms with E-state index in [1.807, 2.05) is 39.0 Å². The molecule has 21 heavy (non-hydrogen) atoms. The molecule has 1 N–H and O–H groups in total. The lowest BCUT2D eigenvalue weighted by molar-refractivity contribution is -0.137. The van der Waals surface area contributed by atoms with Crippen LogP contribution in [0.1, 0.15) is 31.5 Å². The van der Waals surface area contributed by atoms with Crippen LogP contribution in [0.3, 0.4) is 0 Å². The van der Waals surface area contributed by atoms with Gasteiger partial charge in [-0.25, -0.2) is 4.98 Å². The van der Waals surface area contributed by atoms with Crippen molar-refractivity contribution >= 4 is 11.3 Å².